The molecule has 0 saturated carbocycles. The van der Waals surface area contributed by atoms with E-state index in [9.17, 15) is 13.6 Å². The Kier molecular flexibility index (Phi) is 4.52. The SMILES string of the molecule is CCOC(=O)Cc1cc(C(F)F)c(C#N)cn1. The highest BCUT2D eigenvalue weighted by molar-refractivity contribution is 5.72. The van der Waals surface area contributed by atoms with Crippen LogP contribution >= 0.6 is 0 Å². The summed E-state index contributed by atoms with van der Waals surface area (Å²) >= 11 is 0. The second-order valence-electron chi connectivity index (χ2n) is 3.16. The van der Waals surface area contributed by atoms with Crippen LogP contribution in [0.15, 0.2) is 12.3 Å². The molecule has 90 valence electrons. The first-order valence-electron chi connectivity index (χ1n) is 4.91. The van der Waals surface area contributed by atoms with E-state index in [4.69, 9.17) is 5.26 Å². The number of hydrogen-bond acceptors (Lipinski definition) is 4. The number of pyridine rings is 1. The lowest BCUT2D eigenvalue weighted by Crippen LogP contribution is -2.09. The number of nitrogens with zero attached hydrogens (tertiary/aromatic N) is 2. The van der Waals surface area contributed by atoms with Crippen LogP contribution in [-0.4, -0.2) is 17.6 Å². The van der Waals surface area contributed by atoms with Gasteiger partial charge in [0.1, 0.15) is 6.07 Å². The number of rotatable bonds is 4. The molecule has 0 aliphatic heterocycles. The molecule has 0 fully saturated rings. The smallest absolute Gasteiger partial charge is 0.311 e. The molecule has 0 aliphatic rings. The number of aromatic nitrogens is 1. The highest BCUT2D eigenvalue weighted by Gasteiger charge is 2.15. The third-order valence-electron chi connectivity index (χ3n) is 1.98. The summed E-state index contributed by atoms with van der Waals surface area (Å²) in [7, 11) is 0. The van der Waals surface area contributed by atoms with Crippen molar-refractivity contribution in [1.29, 1.82) is 5.26 Å². The molecular formula is C11H10F2N2O2. The minimum absolute atomic E-state index is 0.165. The van der Waals surface area contributed by atoms with E-state index in [1.165, 1.54) is 0 Å². The molecule has 1 rings (SSSR count). The fourth-order valence-electron chi connectivity index (χ4n) is 1.25. The second kappa shape index (κ2) is 5.89. The van der Waals surface area contributed by atoms with Crippen molar-refractivity contribution in [3.8, 4) is 6.07 Å². The number of alkyl halides is 2. The average molecular weight is 240 g/mol. The van der Waals surface area contributed by atoms with Gasteiger partial charge in [-0.2, -0.15) is 5.26 Å². The second-order valence-corrected chi connectivity index (χ2v) is 3.16. The quantitative estimate of drug-likeness (QED) is 0.755. The van der Waals surface area contributed by atoms with Crippen molar-refractivity contribution in [3.63, 3.8) is 0 Å². The number of hydrogen-bond donors (Lipinski definition) is 0. The molecule has 0 radical (unpaired) electrons. The first-order valence-corrected chi connectivity index (χ1v) is 4.91. The van der Waals surface area contributed by atoms with Crippen molar-refractivity contribution in [1.82, 2.24) is 4.98 Å². The summed E-state index contributed by atoms with van der Waals surface area (Å²) in [6.45, 7) is 1.87. The molecular weight excluding hydrogens is 230 g/mol. The highest BCUT2D eigenvalue weighted by atomic mass is 19.3. The van der Waals surface area contributed by atoms with Crippen LogP contribution in [0.5, 0.6) is 0 Å². The number of carbonyl (C=O) groups is 1. The number of halogens is 2. The van der Waals surface area contributed by atoms with E-state index in [2.05, 4.69) is 9.72 Å². The van der Waals surface area contributed by atoms with Crippen LogP contribution in [0.25, 0.3) is 0 Å². The third-order valence-corrected chi connectivity index (χ3v) is 1.98. The zero-order valence-corrected chi connectivity index (χ0v) is 9.11. The van der Waals surface area contributed by atoms with Gasteiger partial charge < -0.3 is 4.74 Å². The lowest BCUT2D eigenvalue weighted by molar-refractivity contribution is -0.142. The highest BCUT2D eigenvalue weighted by Crippen LogP contribution is 2.22. The van der Waals surface area contributed by atoms with E-state index in [1.807, 2.05) is 0 Å². The first kappa shape index (κ1) is 13.0. The van der Waals surface area contributed by atoms with E-state index in [0.29, 0.717) is 0 Å². The summed E-state index contributed by atoms with van der Waals surface area (Å²) < 4.78 is 29.8. The van der Waals surface area contributed by atoms with E-state index in [0.717, 1.165) is 12.3 Å². The molecule has 1 aromatic heterocycles. The van der Waals surface area contributed by atoms with Crippen LogP contribution in [0.2, 0.25) is 0 Å². The molecule has 0 unspecified atom stereocenters. The predicted molar refractivity (Wildman–Crippen MR) is 54.2 cm³/mol. The molecule has 6 heteroatoms. The molecule has 0 bridgehead atoms. The molecule has 0 amide bonds. The summed E-state index contributed by atoms with van der Waals surface area (Å²) in [6.07, 6.45) is -1.91. The van der Waals surface area contributed by atoms with E-state index >= 15 is 0 Å². The summed E-state index contributed by atoms with van der Waals surface area (Å²) in [5, 5.41) is 8.61. The van der Waals surface area contributed by atoms with Crippen LogP contribution in [0.1, 0.15) is 30.2 Å². The van der Waals surface area contributed by atoms with Gasteiger partial charge in [-0.15, -0.1) is 0 Å². The molecule has 4 nitrogen and oxygen atoms in total. The van der Waals surface area contributed by atoms with Gasteiger partial charge in [-0.3, -0.25) is 9.78 Å². The molecule has 1 aromatic rings. The van der Waals surface area contributed by atoms with Gasteiger partial charge in [0, 0.05) is 11.8 Å². The largest absolute Gasteiger partial charge is 0.466 e. The van der Waals surface area contributed by atoms with Gasteiger partial charge in [0.05, 0.1) is 24.3 Å². The van der Waals surface area contributed by atoms with E-state index in [-0.39, 0.29) is 24.3 Å². The molecule has 0 atom stereocenters. The molecule has 0 aliphatic carbocycles. The minimum atomic E-state index is -2.77. The molecule has 0 N–H and O–H groups in total. The fraction of sp³-hybridized carbons (Fsp3) is 0.364. The Hall–Kier alpha value is -2.03. The molecule has 0 saturated heterocycles. The number of ether oxygens (including phenoxy) is 1. The van der Waals surface area contributed by atoms with Crippen LogP contribution in [0, 0.1) is 11.3 Å². The average Bonchev–Trinajstić information content (AvgIpc) is 2.29. The normalized spacial score (nSPS) is 10.1. The van der Waals surface area contributed by atoms with Gasteiger partial charge in [-0.25, -0.2) is 8.78 Å². The summed E-state index contributed by atoms with van der Waals surface area (Å²) in [4.78, 5) is 14.9. The number of nitriles is 1. The van der Waals surface area contributed by atoms with Crippen molar-refractivity contribution >= 4 is 5.97 Å². The number of esters is 1. The van der Waals surface area contributed by atoms with Gasteiger partial charge in [-0.05, 0) is 13.0 Å². The Bertz CT molecular complexity index is 455. The maximum atomic E-state index is 12.6. The van der Waals surface area contributed by atoms with E-state index in [1.54, 1.807) is 13.0 Å². The van der Waals surface area contributed by atoms with Gasteiger partial charge in [0.15, 0.2) is 0 Å². The van der Waals surface area contributed by atoms with Gasteiger partial charge in [-0.1, -0.05) is 0 Å². The maximum absolute atomic E-state index is 12.6. The fourth-order valence-corrected chi connectivity index (χ4v) is 1.25. The Morgan fingerprint density at radius 2 is 2.35 bits per heavy atom. The first-order chi connectivity index (χ1) is 8.08. The Labute approximate surface area is 96.8 Å². The summed E-state index contributed by atoms with van der Waals surface area (Å²) in [5.74, 6) is -0.537. The zero-order chi connectivity index (χ0) is 12.8. The third kappa shape index (κ3) is 3.48. The standard InChI is InChI=1S/C11H10F2N2O2/c1-2-17-10(16)4-8-3-9(11(12)13)7(5-14)6-15-8/h3,6,11H,2,4H2,1H3. The number of carbonyl (C=O) groups excluding carboxylic acids is 1. The summed E-state index contributed by atoms with van der Waals surface area (Å²) in [6, 6.07) is 2.68. The minimum Gasteiger partial charge on any atom is -0.466 e. The molecule has 17 heavy (non-hydrogen) atoms. The van der Waals surface area contributed by atoms with Crippen molar-refractivity contribution in [2.24, 2.45) is 0 Å². The predicted octanol–water partition coefficient (Wildman–Crippen LogP) is 2.00. The van der Waals surface area contributed by atoms with Crippen molar-refractivity contribution in [3.05, 3.63) is 29.1 Å². The van der Waals surface area contributed by atoms with Crippen molar-refractivity contribution in [2.45, 2.75) is 19.8 Å². The van der Waals surface area contributed by atoms with Gasteiger partial charge in [0.2, 0.25) is 0 Å². The van der Waals surface area contributed by atoms with Gasteiger partial charge >= 0.3 is 5.97 Å². The topological polar surface area (TPSA) is 63.0 Å². The lowest BCUT2D eigenvalue weighted by atomic mass is 10.1. The summed E-state index contributed by atoms with van der Waals surface area (Å²) in [5.41, 5.74) is -0.438. The molecule has 0 spiro atoms. The Balaban J connectivity index is 2.93. The van der Waals surface area contributed by atoms with Crippen LogP contribution < -0.4 is 0 Å². The Morgan fingerprint density at radius 3 is 2.88 bits per heavy atom. The van der Waals surface area contributed by atoms with Crippen molar-refractivity contribution < 1.29 is 18.3 Å². The zero-order valence-electron chi connectivity index (χ0n) is 9.11. The molecule has 0 aromatic carbocycles. The Morgan fingerprint density at radius 1 is 1.65 bits per heavy atom. The van der Waals surface area contributed by atoms with Gasteiger partial charge in [0.25, 0.3) is 6.43 Å². The maximum Gasteiger partial charge on any atom is 0.311 e. The van der Waals surface area contributed by atoms with Crippen LogP contribution in [0.3, 0.4) is 0 Å². The van der Waals surface area contributed by atoms with Crippen LogP contribution in [0.4, 0.5) is 8.78 Å². The van der Waals surface area contributed by atoms with Crippen LogP contribution in [-0.2, 0) is 16.0 Å². The van der Waals surface area contributed by atoms with E-state index < -0.39 is 18.0 Å². The van der Waals surface area contributed by atoms with Crippen molar-refractivity contribution in [2.75, 3.05) is 6.61 Å². The lowest BCUT2D eigenvalue weighted by Gasteiger charge is -2.05. The molecule has 1 heterocycles. The monoisotopic (exact) mass is 240 g/mol.